The smallest absolute Gasteiger partial charge is 0.331 e. The molecule has 2 aromatic carbocycles. The molecule has 0 aliphatic heterocycles. The number of ether oxygens (including phenoxy) is 2. The summed E-state index contributed by atoms with van der Waals surface area (Å²) in [4.78, 5) is 35.3. The quantitative estimate of drug-likeness (QED) is 0.550. The number of imide groups is 1. The molecule has 3 amide bonds. The largest absolute Gasteiger partial charge is 0.457 e. The molecule has 7 nitrogen and oxygen atoms in total. The third-order valence-electron chi connectivity index (χ3n) is 3.57. The Kier molecular flexibility index (Phi) is 7.97. The normalized spacial score (nSPS) is 11.7. The van der Waals surface area contributed by atoms with Crippen molar-refractivity contribution in [2.45, 2.75) is 32.9 Å². The molecule has 1 atom stereocenters. The summed E-state index contributed by atoms with van der Waals surface area (Å²) in [5, 5.41) is 4.63. The fourth-order valence-electron chi connectivity index (χ4n) is 2.25. The number of esters is 1. The first-order valence-corrected chi connectivity index (χ1v) is 9.16. The summed E-state index contributed by atoms with van der Waals surface area (Å²) in [6, 6.07) is 15.7. The van der Waals surface area contributed by atoms with Gasteiger partial charge in [-0.1, -0.05) is 30.3 Å². The maximum Gasteiger partial charge on any atom is 0.331 e. The van der Waals surface area contributed by atoms with Crippen molar-refractivity contribution in [2.24, 2.45) is 0 Å². The summed E-state index contributed by atoms with van der Waals surface area (Å²) < 4.78 is 10.8. The Hall–Kier alpha value is -3.61. The molecule has 0 radical (unpaired) electrons. The predicted octanol–water partition coefficient (Wildman–Crippen LogP) is 3.66. The summed E-state index contributed by atoms with van der Waals surface area (Å²) in [7, 11) is 0. The van der Waals surface area contributed by atoms with Crippen molar-refractivity contribution in [1.82, 2.24) is 10.6 Å². The molecule has 29 heavy (non-hydrogen) atoms. The van der Waals surface area contributed by atoms with Gasteiger partial charge >= 0.3 is 12.0 Å². The van der Waals surface area contributed by atoms with Gasteiger partial charge in [0.1, 0.15) is 11.5 Å². The monoisotopic (exact) mass is 396 g/mol. The van der Waals surface area contributed by atoms with E-state index in [9.17, 15) is 14.4 Å². The van der Waals surface area contributed by atoms with Crippen LogP contribution in [0, 0.1) is 0 Å². The maximum absolute atomic E-state index is 11.9. The highest BCUT2D eigenvalue weighted by Gasteiger charge is 2.19. The standard InChI is InChI=1S/C22H24N2O5/c1-15(2)23-22(27)24-21(26)16(3)28-20(25)13-12-17-8-7-11-19(14-17)29-18-9-5-4-6-10-18/h4-16H,1-3H3,(H2,23,24,26,27)/b13-12+/t16-/m1/s1. The van der Waals surface area contributed by atoms with E-state index < -0.39 is 24.0 Å². The van der Waals surface area contributed by atoms with Crippen LogP contribution < -0.4 is 15.4 Å². The van der Waals surface area contributed by atoms with E-state index in [4.69, 9.17) is 9.47 Å². The molecule has 152 valence electrons. The molecule has 0 aliphatic carbocycles. The molecule has 0 saturated heterocycles. The van der Waals surface area contributed by atoms with E-state index >= 15 is 0 Å². The van der Waals surface area contributed by atoms with Crippen LogP contribution in [0.1, 0.15) is 26.3 Å². The minimum Gasteiger partial charge on any atom is -0.457 e. The van der Waals surface area contributed by atoms with Gasteiger partial charge in [0.2, 0.25) is 0 Å². The summed E-state index contributed by atoms with van der Waals surface area (Å²) in [5.41, 5.74) is 0.726. The fraction of sp³-hybridized carbons (Fsp3) is 0.227. The molecule has 0 unspecified atom stereocenters. The molecule has 0 spiro atoms. The molecular formula is C22H24N2O5. The Balaban J connectivity index is 1.89. The van der Waals surface area contributed by atoms with Crippen molar-refractivity contribution in [1.29, 1.82) is 0 Å². The number of urea groups is 1. The van der Waals surface area contributed by atoms with Crippen molar-refractivity contribution in [3.63, 3.8) is 0 Å². The highest BCUT2D eigenvalue weighted by molar-refractivity contribution is 5.98. The Morgan fingerprint density at radius 3 is 2.31 bits per heavy atom. The lowest BCUT2D eigenvalue weighted by Gasteiger charge is -2.13. The van der Waals surface area contributed by atoms with Crippen LogP contribution in [0.5, 0.6) is 11.5 Å². The Bertz CT molecular complexity index is 878. The van der Waals surface area contributed by atoms with Crippen molar-refractivity contribution >= 4 is 24.0 Å². The number of rotatable bonds is 7. The van der Waals surface area contributed by atoms with Crippen LogP contribution in [0.3, 0.4) is 0 Å². The lowest BCUT2D eigenvalue weighted by molar-refractivity contribution is -0.149. The molecular weight excluding hydrogens is 372 g/mol. The van der Waals surface area contributed by atoms with Crippen LogP contribution in [0.4, 0.5) is 4.79 Å². The fourth-order valence-corrected chi connectivity index (χ4v) is 2.25. The molecule has 0 bridgehead atoms. The SMILES string of the molecule is CC(C)NC(=O)NC(=O)[C@@H](C)OC(=O)/C=C/c1cccc(Oc2ccccc2)c1. The van der Waals surface area contributed by atoms with E-state index in [0.29, 0.717) is 11.5 Å². The van der Waals surface area contributed by atoms with Crippen molar-refractivity contribution < 1.29 is 23.9 Å². The first-order valence-electron chi connectivity index (χ1n) is 9.16. The number of amides is 3. The third kappa shape index (κ3) is 7.88. The second-order valence-corrected chi connectivity index (χ2v) is 6.52. The minimum absolute atomic E-state index is 0.120. The van der Waals surface area contributed by atoms with Gasteiger partial charge < -0.3 is 14.8 Å². The third-order valence-corrected chi connectivity index (χ3v) is 3.57. The van der Waals surface area contributed by atoms with E-state index in [2.05, 4.69) is 10.6 Å². The topological polar surface area (TPSA) is 93.7 Å². The number of hydrogen-bond donors (Lipinski definition) is 2. The Morgan fingerprint density at radius 1 is 0.931 bits per heavy atom. The van der Waals surface area contributed by atoms with Crippen LogP contribution in [0.15, 0.2) is 60.7 Å². The maximum atomic E-state index is 11.9. The minimum atomic E-state index is -1.11. The summed E-state index contributed by atoms with van der Waals surface area (Å²) in [6.45, 7) is 4.91. The number of nitrogens with one attached hydrogen (secondary N) is 2. The van der Waals surface area contributed by atoms with Gasteiger partial charge in [0.05, 0.1) is 0 Å². The van der Waals surface area contributed by atoms with Crippen LogP contribution >= 0.6 is 0 Å². The molecule has 0 heterocycles. The van der Waals surface area contributed by atoms with E-state index in [1.165, 1.54) is 13.0 Å². The number of carbonyl (C=O) groups is 3. The number of para-hydroxylation sites is 1. The van der Waals surface area contributed by atoms with Gasteiger partial charge in [0.25, 0.3) is 5.91 Å². The van der Waals surface area contributed by atoms with E-state index in [0.717, 1.165) is 5.56 Å². The first-order chi connectivity index (χ1) is 13.8. The van der Waals surface area contributed by atoms with Gasteiger partial charge in [-0.25, -0.2) is 9.59 Å². The van der Waals surface area contributed by atoms with Crippen LogP contribution in [0.25, 0.3) is 6.08 Å². The summed E-state index contributed by atoms with van der Waals surface area (Å²) in [6.07, 6.45) is 1.65. The highest BCUT2D eigenvalue weighted by Crippen LogP contribution is 2.22. The van der Waals surface area contributed by atoms with Crippen LogP contribution in [-0.4, -0.2) is 30.1 Å². The Morgan fingerprint density at radius 2 is 1.62 bits per heavy atom. The Labute approximate surface area is 169 Å². The van der Waals surface area contributed by atoms with Gasteiger partial charge in [-0.3, -0.25) is 10.1 Å². The van der Waals surface area contributed by atoms with Gasteiger partial charge in [0, 0.05) is 12.1 Å². The molecule has 7 heteroatoms. The van der Waals surface area contributed by atoms with E-state index in [1.54, 1.807) is 44.2 Å². The number of hydrogen-bond acceptors (Lipinski definition) is 5. The lowest BCUT2D eigenvalue weighted by atomic mass is 10.2. The average Bonchev–Trinajstić information content (AvgIpc) is 2.66. The van der Waals surface area contributed by atoms with E-state index in [-0.39, 0.29) is 6.04 Å². The van der Waals surface area contributed by atoms with Gasteiger partial charge in [-0.05, 0) is 56.7 Å². The number of benzene rings is 2. The van der Waals surface area contributed by atoms with Crippen LogP contribution in [-0.2, 0) is 14.3 Å². The predicted molar refractivity (Wildman–Crippen MR) is 109 cm³/mol. The molecule has 2 rings (SSSR count). The van der Waals surface area contributed by atoms with Gasteiger partial charge in [0.15, 0.2) is 6.10 Å². The van der Waals surface area contributed by atoms with Crippen molar-refractivity contribution in [3.8, 4) is 11.5 Å². The second-order valence-electron chi connectivity index (χ2n) is 6.52. The van der Waals surface area contributed by atoms with E-state index in [1.807, 2.05) is 30.3 Å². The zero-order chi connectivity index (χ0) is 21.2. The van der Waals surface area contributed by atoms with Gasteiger partial charge in [-0.2, -0.15) is 0 Å². The zero-order valence-corrected chi connectivity index (χ0v) is 16.5. The van der Waals surface area contributed by atoms with Gasteiger partial charge in [-0.15, -0.1) is 0 Å². The number of carbonyl (C=O) groups excluding carboxylic acids is 3. The van der Waals surface area contributed by atoms with Crippen LogP contribution in [0.2, 0.25) is 0 Å². The molecule has 2 N–H and O–H groups in total. The molecule has 0 saturated carbocycles. The molecule has 0 aliphatic rings. The molecule has 0 aromatic heterocycles. The zero-order valence-electron chi connectivity index (χ0n) is 16.5. The summed E-state index contributed by atoms with van der Waals surface area (Å²) in [5.74, 6) is -0.0838. The first kappa shape index (κ1) is 21.7. The summed E-state index contributed by atoms with van der Waals surface area (Å²) >= 11 is 0. The van der Waals surface area contributed by atoms with Crippen molar-refractivity contribution in [3.05, 3.63) is 66.2 Å². The molecule has 2 aromatic rings. The second kappa shape index (κ2) is 10.7. The molecule has 0 fully saturated rings. The average molecular weight is 396 g/mol. The van der Waals surface area contributed by atoms with Crippen molar-refractivity contribution in [2.75, 3.05) is 0 Å². The lowest BCUT2D eigenvalue weighted by Crippen LogP contribution is -2.46. The highest BCUT2D eigenvalue weighted by atomic mass is 16.5.